The summed E-state index contributed by atoms with van der Waals surface area (Å²) in [7, 11) is 9.66. The van der Waals surface area contributed by atoms with Crippen LogP contribution in [0.1, 0.15) is 35.5 Å². The summed E-state index contributed by atoms with van der Waals surface area (Å²) in [4.78, 5) is 6.61. The van der Waals surface area contributed by atoms with Gasteiger partial charge in [-0.15, -0.1) is 0 Å². The standard InChI is InChI=1S/C22H36N6O/c1-15(13-20-16(2)26-28(7)17(20)3)25-22(23-4)24-14-21(27(5)6)18-9-11-19(29-8)12-10-18/h9-12,15,21H,13-14H2,1-8H3,(H2,23,24,25). The van der Waals surface area contributed by atoms with Crippen molar-refractivity contribution in [2.75, 3.05) is 34.8 Å². The van der Waals surface area contributed by atoms with Crippen LogP contribution in [0, 0.1) is 13.8 Å². The highest BCUT2D eigenvalue weighted by Gasteiger charge is 2.17. The summed E-state index contributed by atoms with van der Waals surface area (Å²) in [6.07, 6.45) is 0.905. The molecule has 0 bridgehead atoms. The Morgan fingerprint density at radius 3 is 2.38 bits per heavy atom. The van der Waals surface area contributed by atoms with Crippen LogP contribution < -0.4 is 15.4 Å². The fraction of sp³-hybridized carbons (Fsp3) is 0.545. The fourth-order valence-corrected chi connectivity index (χ4v) is 3.52. The highest BCUT2D eigenvalue weighted by molar-refractivity contribution is 5.80. The minimum atomic E-state index is 0.220. The van der Waals surface area contributed by atoms with E-state index in [0.29, 0.717) is 0 Å². The molecule has 1 heterocycles. The van der Waals surface area contributed by atoms with Crippen LogP contribution in [0.25, 0.3) is 0 Å². The molecule has 0 saturated carbocycles. The molecule has 7 heteroatoms. The van der Waals surface area contributed by atoms with Crippen molar-refractivity contribution in [2.24, 2.45) is 12.0 Å². The van der Waals surface area contributed by atoms with Crippen molar-refractivity contribution in [1.82, 2.24) is 25.3 Å². The molecule has 0 spiro atoms. The van der Waals surface area contributed by atoms with Gasteiger partial charge in [0, 0.05) is 32.4 Å². The average Bonchev–Trinajstić information content (AvgIpc) is 2.93. The van der Waals surface area contributed by atoms with Crippen molar-refractivity contribution in [1.29, 1.82) is 0 Å². The molecule has 0 aliphatic rings. The lowest BCUT2D eigenvalue weighted by atomic mass is 10.1. The number of hydrogen-bond acceptors (Lipinski definition) is 4. The van der Waals surface area contributed by atoms with Gasteiger partial charge < -0.3 is 20.3 Å². The molecule has 0 aliphatic carbocycles. The molecule has 0 aliphatic heterocycles. The molecule has 1 aromatic heterocycles. The zero-order valence-corrected chi connectivity index (χ0v) is 19.1. The van der Waals surface area contributed by atoms with Crippen molar-refractivity contribution >= 4 is 5.96 Å². The predicted molar refractivity (Wildman–Crippen MR) is 120 cm³/mol. The van der Waals surface area contributed by atoms with E-state index in [4.69, 9.17) is 4.74 Å². The Morgan fingerprint density at radius 1 is 1.24 bits per heavy atom. The van der Waals surface area contributed by atoms with E-state index < -0.39 is 0 Å². The number of aromatic nitrogens is 2. The van der Waals surface area contributed by atoms with Crippen molar-refractivity contribution in [2.45, 2.75) is 39.3 Å². The van der Waals surface area contributed by atoms with Crippen LogP contribution in [-0.4, -0.2) is 61.5 Å². The molecule has 0 fully saturated rings. The van der Waals surface area contributed by atoms with Crippen LogP contribution in [0.2, 0.25) is 0 Å². The van der Waals surface area contributed by atoms with Crippen LogP contribution in [0.4, 0.5) is 0 Å². The van der Waals surface area contributed by atoms with Crippen molar-refractivity contribution in [3.8, 4) is 5.75 Å². The van der Waals surface area contributed by atoms with Gasteiger partial charge in [-0.2, -0.15) is 5.10 Å². The maximum absolute atomic E-state index is 5.27. The quantitative estimate of drug-likeness (QED) is 0.526. The molecule has 2 rings (SSSR count). The van der Waals surface area contributed by atoms with Gasteiger partial charge in [0.25, 0.3) is 0 Å². The van der Waals surface area contributed by atoms with E-state index in [9.17, 15) is 0 Å². The first kappa shape index (κ1) is 22.7. The van der Waals surface area contributed by atoms with Gasteiger partial charge in [0.2, 0.25) is 0 Å². The Balaban J connectivity index is 1.98. The van der Waals surface area contributed by atoms with E-state index >= 15 is 0 Å². The number of guanidine groups is 1. The lowest BCUT2D eigenvalue weighted by molar-refractivity contribution is 0.297. The van der Waals surface area contributed by atoms with Crippen LogP contribution in [0.5, 0.6) is 5.75 Å². The smallest absolute Gasteiger partial charge is 0.191 e. The minimum Gasteiger partial charge on any atom is -0.497 e. The number of aryl methyl sites for hydroxylation is 2. The summed E-state index contributed by atoms with van der Waals surface area (Å²) in [6, 6.07) is 8.67. The molecule has 7 nitrogen and oxygen atoms in total. The minimum absolute atomic E-state index is 0.220. The third-order valence-electron chi connectivity index (χ3n) is 5.36. The van der Waals surface area contributed by atoms with Crippen LogP contribution >= 0.6 is 0 Å². The number of nitrogens with one attached hydrogen (secondary N) is 2. The number of nitrogens with zero attached hydrogens (tertiary/aromatic N) is 4. The summed E-state index contributed by atoms with van der Waals surface area (Å²) < 4.78 is 7.22. The van der Waals surface area contributed by atoms with Gasteiger partial charge in [-0.05, 0) is 64.5 Å². The van der Waals surface area contributed by atoms with Gasteiger partial charge in [0.1, 0.15) is 5.75 Å². The number of rotatable bonds is 8. The Kier molecular flexibility index (Phi) is 8.08. The topological polar surface area (TPSA) is 66.7 Å². The second kappa shape index (κ2) is 10.3. The molecule has 0 radical (unpaired) electrons. The highest BCUT2D eigenvalue weighted by atomic mass is 16.5. The first-order chi connectivity index (χ1) is 13.8. The summed E-state index contributed by atoms with van der Waals surface area (Å²) in [5.41, 5.74) is 4.83. The summed E-state index contributed by atoms with van der Waals surface area (Å²) in [6.45, 7) is 7.10. The number of benzene rings is 1. The monoisotopic (exact) mass is 400 g/mol. The molecule has 0 amide bonds. The Hall–Kier alpha value is -2.54. The second-order valence-corrected chi connectivity index (χ2v) is 7.73. The third kappa shape index (κ3) is 5.97. The number of aliphatic imine (C=N–C) groups is 1. The number of ether oxygens (including phenoxy) is 1. The maximum Gasteiger partial charge on any atom is 0.191 e. The molecule has 2 aromatic rings. The number of methoxy groups -OCH3 is 1. The van der Waals surface area contributed by atoms with E-state index in [1.54, 1.807) is 14.2 Å². The third-order valence-corrected chi connectivity index (χ3v) is 5.36. The molecule has 2 unspecified atom stereocenters. The highest BCUT2D eigenvalue weighted by Crippen LogP contribution is 2.20. The SMILES string of the molecule is CN=C(NCC(c1ccc(OC)cc1)N(C)C)NC(C)Cc1c(C)nn(C)c1C. The molecule has 160 valence electrons. The lowest BCUT2D eigenvalue weighted by Crippen LogP contribution is -2.45. The molecule has 2 atom stereocenters. The average molecular weight is 401 g/mol. The van der Waals surface area contributed by atoms with E-state index in [0.717, 1.165) is 30.4 Å². The number of hydrogen-bond donors (Lipinski definition) is 2. The summed E-state index contributed by atoms with van der Waals surface area (Å²) in [5.74, 6) is 1.67. The molecular formula is C22H36N6O. The Bertz CT molecular complexity index is 809. The Morgan fingerprint density at radius 2 is 1.90 bits per heavy atom. The maximum atomic E-state index is 5.27. The first-order valence-electron chi connectivity index (χ1n) is 10.0. The van der Waals surface area contributed by atoms with Crippen molar-refractivity contribution < 1.29 is 4.74 Å². The van der Waals surface area contributed by atoms with Crippen molar-refractivity contribution in [3.05, 3.63) is 46.8 Å². The largest absolute Gasteiger partial charge is 0.497 e. The second-order valence-electron chi connectivity index (χ2n) is 7.73. The zero-order chi connectivity index (χ0) is 21.6. The van der Waals surface area contributed by atoms with E-state index in [1.807, 2.05) is 23.9 Å². The first-order valence-corrected chi connectivity index (χ1v) is 10.0. The summed E-state index contributed by atoms with van der Waals surface area (Å²) >= 11 is 0. The Labute approximate surface area is 175 Å². The molecule has 0 saturated heterocycles. The normalized spacial score (nSPS) is 14.0. The molecule has 1 aromatic carbocycles. The van der Waals surface area contributed by atoms with Crippen LogP contribution in [0.3, 0.4) is 0 Å². The van der Waals surface area contributed by atoms with E-state index in [2.05, 4.69) is 72.6 Å². The summed E-state index contributed by atoms with van der Waals surface area (Å²) in [5, 5.41) is 11.5. The van der Waals surface area contributed by atoms with Crippen LogP contribution in [0.15, 0.2) is 29.3 Å². The van der Waals surface area contributed by atoms with Gasteiger partial charge in [-0.25, -0.2) is 0 Å². The molecular weight excluding hydrogens is 364 g/mol. The van der Waals surface area contributed by atoms with Gasteiger partial charge in [0.05, 0.1) is 18.8 Å². The van der Waals surface area contributed by atoms with Gasteiger partial charge >= 0.3 is 0 Å². The molecule has 2 N–H and O–H groups in total. The van der Waals surface area contributed by atoms with Gasteiger partial charge in [-0.1, -0.05) is 12.1 Å². The zero-order valence-electron chi connectivity index (χ0n) is 19.1. The fourth-order valence-electron chi connectivity index (χ4n) is 3.52. The predicted octanol–water partition coefficient (Wildman–Crippen LogP) is 2.44. The van der Waals surface area contributed by atoms with E-state index in [1.165, 1.54) is 16.8 Å². The van der Waals surface area contributed by atoms with Gasteiger partial charge in [0.15, 0.2) is 5.96 Å². The van der Waals surface area contributed by atoms with E-state index in [-0.39, 0.29) is 12.1 Å². The number of likely N-dealkylation sites (N-methyl/N-ethyl adjacent to an activating group) is 1. The molecule has 29 heavy (non-hydrogen) atoms. The van der Waals surface area contributed by atoms with Crippen molar-refractivity contribution in [3.63, 3.8) is 0 Å². The van der Waals surface area contributed by atoms with Crippen LogP contribution in [-0.2, 0) is 13.5 Å². The van der Waals surface area contributed by atoms with Gasteiger partial charge in [-0.3, -0.25) is 9.67 Å². The lowest BCUT2D eigenvalue weighted by Gasteiger charge is -2.27.